The van der Waals surface area contributed by atoms with Crippen molar-refractivity contribution in [3.63, 3.8) is 0 Å². The van der Waals surface area contributed by atoms with Crippen LogP contribution < -0.4 is 5.73 Å². The van der Waals surface area contributed by atoms with Crippen LogP contribution in [0.15, 0.2) is 22.7 Å². The summed E-state index contributed by atoms with van der Waals surface area (Å²) in [4.78, 5) is 4.27. The standard InChI is InChI=1S/C13H17N3O2S/c1-8(2)6-19-7-11-15-13(18-16-11)9-4-3-5-10(14)12(9)17/h3-5,8,17H,6-7,14H2,1-2H3. The Hall–Kier alpha value is -1.69. The lowest BCUT2D eigenvalue weighted by Crippen LogP contribution is -1.92. The molecule has 0 spiro atoms. The van der Waals surface area contributed by atoms with Crippen molar-refractivity contribution in [2.24, 2.45) is 5.92 Å². The van der Waals surface area contributed by atoms with Crippen molar-refractivity contribution in [2.75, 3.05) is 11.5 Å². The Labute approximate surface area is 116 Å². The molecule has 0 aliphatic rings. The molecule has 0 saturated heterocycles. The van der Waals surface area contributed by atoms with E-state index in [0.29, 0.717) is 34.6 Å². The second-order valence-corrected chi connectivity index (χ2v) is 5.70. The highest BCUT2D eigenvalue weighted by Crippen LogP contribution is 2.32. The summed E-state index contributed by atoms with van der Waals surface area (Å²) in [6.07, 6.45) is 0. The lowest BCUT2D eigenvalue weighted by Gasteiger charge is -2.01. The third-order valence-electron chi connectivity index (χ3n) is 2.45. The van der Waals surface area contributed by atoms with Crippen molar-refractivity contribution in [3.8, 4) is 17.2 Å². The van der Waals surface area contributed by atoms with E-state index in [9.17, 15) is 5.11 Å². The quantitative estimate of drug-likeness (QED) is 0.646. The van der Waals surface area contributed by atoms with Crippen molar-refractivity contribution >= 4 is 17.4 Å². The van der Waals surface area contributed by atoms with Crippen molar-refractivity contribution in [3.05, 3.63) is 24.0 Å². The lowest BCUT2D eigenvalue weighted by molar-refractivity contribution is 0.420. The van der Waals surface area contributed by atoms with E-state index in [2.05, 4.69) is 24.0 Å². The van der Waals surface area contributed by atoms with Crippen LogP contribution in [-0.4, -0.2) is 21.0 Å². The summed E-state index contributed by atoms with van der Waals surface area (Å²) in [5.41, 5.74) is 6.40. The number of nitrogens with two attached hydrogens (primary N) is 1. The third-order valence-corrected chi connectivity index (χ3v) is 3.81. The van der Waals surface area contributed by atoms with Gasteiger partial charge in [-0.2, -0.15) is 16.7 Å². The molecule has 0 unspecified atom stereocenters. The average molecular weight is 279 g/mol. The van der Waals surface area contributed by atoms with Crippen LogP contribution in [0.2, 0.25) is 0 Å². The lowest BCUT2D eigenvalue weighted by atomic mass is 10.2. The number of anilines is 1. The van der Waals surface area contributed by atoms with Gasteiger partial charge in [-0.25, -0.2) is 0 Å². The molecule has 102 valence electrons. The highest BCUT2D eigenvalue weighted by Gasteiger charge is 2.14. The fourth-order valence-corrected chi connectivity index (χ4v) is 2.43. The third kappa shape index (κ3) is 3.41. The van der Waals surface area contributed by atoms with Gasteiger partial charge in [-0.15, -0.1) is 0 Å². The first kappa shape index (κ1) is 13.7. The van der Waals surface area contributed by atoms with Gasteiger partial charge in [-0.3, -0.25) is 0 Å². The van der Waals surface area contributed by atoms with Crippen LogP contribution in [0.4, 0.5) is 5.69 Å². The van der Waals surface area contributed by atoms with Crippen LogP contribution in [0, 0.1) is 5.92 Å². The molecule has 1 aromatic carbocycles. The maximum absolute atomic E-state index is 9.85. The SMILES string of the molecule is CC(C)CSCc1noc(-c2cccc(N)c2O)n1. The summed E-state index contributed by atoms with van der Waals surface area (Å²) >= 11 is 1.76. The number of nitrogens with zero attached hydrogens (tertiary/aromatic N) is 2. The first-order chi connectivity index (χ1) is 9.08. The molecule has 2 aromatic rings. The average Bonchev–Trinajstić information content (AvgIpc) is 2.81. The van der Waals surface area contributed by atoms with E-state index in [1.807, 2.05) is 0 Å². The molecular formula is C13H17N3O2S. The van der Waals surface area contributed by atoms with Crippen molar-refractivity contribution in [2.45, 2.75) is 19.6 Å². The van der Waals surface area contributed by atoms with Crippen molar-refractivity contribution in [1.82, 2.24) is 10.1 Å². The molecule has 0 aliphatic carbocycles. The number of thioether (sulfide) groups is 1. The van der Waals surface area contributed by atoms with Gasteiger partial charge < -0.3 is 15.4 Å². The van der Waals surface area contributed by atoms with E-state index < -0.39 is 0 Å². The number of hydrogen-bond acceptors (Lipinski definition) is 6. The maximum atomic E-state index is 9.85. The molecule has 6 heteroatoms. The highest BCUT2D eigenvalue weighted by atomic mass is 32.2. The predicted octanol–water partition coefficient (Wildman–Crippen LogP) is 2.91. The Morgan fingerprint density at radius 3 is 2.95 bits per heavy atom. The van der Waals surface area contributed by atoms with Gasteiger partial charge in [0.15, 0.2) is 11.6 Å². The number of rotatable bonds is 5. The zero-order valence-corrected chi connectivity index (χ0v) is 11.8. The number of aromatic nitrogens is 2. The molecule has 0 fully saturated rings. The Morgan fingerprint density at radius 1 is 1.42 bits per heavy atom. The van der Waals surface area contributed by atoms with Gasteiger partial charge in [0.1, 0.15) is 0 Å². The molecule has 5 nitrogen and oxygen atoms in total. The maximum Gasteiger partial charge on any atom is 0.261 e. The topological polar surface area (TPSA) is 85.2 Å². The molecule has 1 aromatic heterocycles. The second kappa shape index (κ2) is 5.97. The molecule has 3 N–H and O–H groups in total. The normalized spacial score (nSPS) is 11.1. The minimum absolute atomic E-state index is 0.0208. The van der Waals surface area contributed by atoms with E-state index in [1.54, 1.807) is 30.0 Å². The van der Waals surface area contributed by atoms with E-state index in [0.717, 1.165) is 5.75 Å². The van der Waals surface area contributed by atoms with E-state index in [1.165, 1.54) is 0 Å². The second-order valence-electron chi connectivity index (χ2n) is 4.67. The Bertz CT molecular complexity index is 555. The van der Waals surface area contributed by atoms with E-state index in [4.69, 9.17) is 10.3 Å². The summed E-state index contributed by atoms with van der Waals surface area (Å²) in [7, 11) is 0. The van der Waals surface area contributed by atoms with Crippen LogP contribution in [0.5, 0.6) is 5.75 Å². The zero-order chi connectivity index (χ0) is 13.8. The Balaban J connectivity index is 2.10. The molecule has 0 atom stereocenters. The molecule has 19 heavy (non-hydrogen) atoms. The molecule has 0 saturated carbocycles. The predicted molar refractivity (Wildman–Crippen MR) is 76.8 cm³/mol. The fourth-order valence-electron chi connectivity index (χ4n) is 1.54. The first-order valence-corrected chi connectivity index (χ1v) is 7.21. The molecular weight excluding hydrogens is 262 g/mol. The minimum atomic E-state index is -0.0208. The highest BCUT2D eigenvalue weighted by molar-refractivity contribution is 7.98. The van der Waals surface area contributed by atoms with Crippen molar-refractivity contribution in [1.29, 1.82) is 0 Å². The fraction of sp³-hybridized carbons (Fsp3) is 0.385. The summed E-state index contributed by atoms with van der Waals surface area (Å²) in [6.45, 7) is 4.33. The van der Waals surface area contributed by atoms with Crippen LogP contribution in [0.1, 0.15) is 19.7 Å². The summed E-state index contributed by atoms with van der Waals surface area (Å²) in [6, 6.07) is 5.06. The van der Waals surface area contributed by atoms with Crippen LogP contribution in [0.3, 0.4) is 0 Å². The number of benzene rings is 1. The zero-order valence-electron chi connectivity index (χ0n) is 11.0. The molecule has 0 aliphatic heterocycles. The number of aromatic hydroxyl groups is 1. The molecule has 1 heterocycles. The summed E-state index contributed by atoms with van der Waals surface area (Å²) in [5.74, 6) is 3.28. The van der Waals surface area contributed by atoms with Gasteiger partial charge in [-0.05, 0) is 23.8 Å². The Kier molecular flexibility index (Phi) is 4.31. The van der Waals surface area contributed by atoms with Gasteiger partial charge in [0, 0.05) is 0 Å². The number of para-hydroxylation sites is 1. The first-order valence-electron chi connectivity index (χ1n) is 6.06. The van der Waals surface area contributed by atoms with Gasteiger partial charge in [0.2, 0.25) is 0 Å². The summed E-state index contributed by atoms with van der Waals surface area (Å²) < 4.78 is 5.15. The summed E-state index contributed by atoms with van der Waals surface area (Å²) in [5, 5.41) is 13.8. The number of nitrogen functional groups attached to an aromatic ring is 1. The smallest absolute Gasteiger partial charge is 0.261 e. The number of hydrogen-bond donors (Lipinski definition) is 2. The van der Waals surface area contributed by atoms with Crippen LogP contribution in [0.25, 0.3) is 11.5 Å². The van der Waals surface area contributed by atoms with Crippen molar-refractivity contribution < 1.29 is 9.63 Å². The van der Waals surface area contributed by atoms with Gasteiger partial charge in [-0.1, -0.05) is 25.1 Å². The van der Waals surface area contributed by atoms with E-state index >= 15 is 0 Å². The van der Waals surface area contributed by atoms with Crippen LogP contribution in [-0.2, 0) is 5.75 Å². The molecule has 0 radical (unpaired) electrons. The molecule has 0 amide bonds. The van der Waals surface area contributed by atoms with E-state index in [-0.39, 0.29) is 5.75 Å². The Morgan fingerprint density at radius 2 is 2.21 bits per heavy atom. The van der Waals surface area contributed by atoms with Crippen LogP contribution >= 0.6 is 11.8 Å². The number of phenols is 1. The molecule has 0 bridgehead atoms. The monoisotopic (exact) mass is 279 g/mol. The largest absolute Gasteiger partial charge is 0.505 e. The number of phenolic OH excluding ortho intramolecular Hbond substituents is 1. The van der Waals surface area contributed by atoms with Gasteiger partial charge >= 0.3 is 0 Å². The van der Waals surface area contributed by atoms with Gasteiger partial charge in [0.05, 0.1) is 17.0 Å². The minimum Gasteiger partial charge on any atom is -0.505 e. The molecule has 2 rings (SSSR count). The van der Waals surface area contributed by atoms with Gasteiger partial charge in [0.25, 0.3) is 5.89 Å².